The van der Waals surface area contributed by atoms with Gasteiger partial charge in [0, 0.05) is 10.8 Å². The molecule has 3 N–H and O–H groups in total. The molecule has 0 atom stereocenters. The van der Waals surface area contributed by atoms with Crippen LogP contribution in [-0.4, -0.2) is 40.6 Å². The van der Waals surface area contributed by atoms with Crippen LogP contribution in [0.3, 0.4) is 0 Å². The molecule has 8 heteroatoms. The molecule has 1 aliphatic carbocycles. The van der Waals surface area contributed by atoms with E-state index < -0.39 is 6.16 Å². The molecule has 1 aromatic rings. The molecule has 1 aromatic carbocycles. The number of ether oxygens (including phenoxy) is 2. The standard InChI is InChI=1S/C16H18N2O6/c1-3-23-16(20)24-12-7-4-6-11(10-12)18(22-2)15-13(17-21)8-5-9-14(15)19/h4-9,17,21H,3,10H2,1-2H3/p+1/b18-11+. The second-order valence-electron chi connectivity index (χ2n) is 4.71. The highest BCUT2D eigenvalue weighted by Gasteiger charge is 2.28. The first-order valence-electron chi connectivity index (χ1n) is 7.24. The van der Waals surface area contributed by atoms with Gasteiger partial charge in [-0.25, -0.2) is 4.79 Å². The lowest BCUT2D eigenvalue weighted by atomic mass is 10.1. The third kappa shape index (κ3) is 3.85. The quantitative estimate of drug-likeness (QED) is 0.432. The predicted octanol–water partition coefficient (Wildman–Crippen LogP) is 2.86. The van der Waals surface area contributed by atoms with Crippen LogP contribution in [0, 0.1) is 0 Å². The van der Waals surface area contributed by atoms with Gasteiger partial charge in [-0.2, -0.15) is 0 Å². The number of benzene rings is 1. The fourth-order valence-electron chi connectivity index (χ4n) is 2.21. The van der Waals surface area contributed by atoms with E-state index in [1.807, 2.05) is 5.48 Å². The highest BCUT2D eigenvalue weighted by Crippen LogP contribution is 2.34. The van der Waals surface area contributed by atoms with Crippen molar-refractivity contribution in [2.24, 2.45) is 0 Å². The molecular weight excluding hydrogens is 316 g/mol. The molecule has 0 saturated carbocycles. The van der Waals surface area contributed by atoms with Crippen LogP contribution in [0.1, 0.15) is 13.3 Å². The number of allylic oxidation sites excluding steroid dienone is 4. The fourth-order valence-corrected chi connectivity index (χ4v) is 2.21. The molecule has 0 aliphatic heterocycles. The van der Waals surface area contributed by atoms with Crippen molar-refractivity contribution in [3.05, 3.63) is 42.2 Å². The zero-order valence-electron chi connectivity index (χ0n) is 13.4. The summed E-state index contributed by atoms with van der Waals surface area (Å²) < 4.78 is 11.2. The molecule has 0 unspecified atom stereocenters. The Kier molecular flexibility index (Phi) is 5.80. The highest BCUT2D eigenvalue weighted by atomic mass is 16.7. The number of para-hydroxylation sites is 1. The summed E-state index contributed by atoms with van der Waals surface area (Å²) in [6.45, 7) is 1.90. The maximum atomic E-state index is 11.4. The number of aromatic hydroxyl groups is 1. The number of anilines is 1. The molecule has 1 aliphatic rings. The first kappa shape index (κ1) is 17.4. The number of carbonyl (C=O) groups excluding carboxylic acids is 1. The molecule has 0 fully saturated rings. The van der Waals surface area contributed by atoms with Crippen molar-refractivity contribution in [2.75, 3.05) is 19.2 Å². The summed E-state index contributed by atoms with van der Waals surface area (Å²) in [7, 11) is 1.42. The van der Waals surface area contributed by atoms with E-state index in [2.05, 4.69) is 0 Å². The summed E-state index contributed by atoms with van der Waals surface area (Å²) in [5.74, 6) is 0.265. The predicted molar refractivity (Wildman–Crippen MR) is 85.4 cm³/mol. The van der Waals surface area contributed by atoms with Crippen molar-refractivity contribution >= 4 is 23.2 Å². The van der Waals surface area contributed by atoms with Gasteiger partial charge in [-0.05, 0) is 25.1 Å². The van der Waals surface area contributed by atoms with Crippen LogP contribution >= 0.6 is 0 Å². The van der Waals surface area contributed by atoms with Crippen molar-refractivity contribution in [2.45, 2.75) is 13.3 Å². The maximum absolute atomic E-state index is 11.4. The second kappa shape index (κ2) is 8.02. The normalized spacial score (nSPS) is 15.4. The Hall–Kier alpha value is -3.00. The average molecular weight is 335 g/mol. The minimum Gasteiger partial charge on any atom is -0.502 e. The van der Waals surface area contributed by atoms with Crippen molar-refractivity contribution < 1.29 is 34.2 Å². The van der Waals surface area contributed by atoms with E-state index in [0.717, 1.165) is 0 Å². The number of carbonyl (C=O) groups is 1. The Morgan fingerprint density at radius 2 is 2.21 bits per heavy atom. The first-order valence-corrected chi connectivity index (χ1v) is 7.24. The van der Waals surface area contributed by atoms with Gasteiger partial charge in [0.1, 0.15) is 18.6 Å². The molecule has 0 aromatic heterocycles. The maximum Gasteiger partial charge on any atom is 0.513 e. The zero-order chi connectivity index (χ0) is 17.5. The number of phenols is 1. The van der Waals surface area contributed by atoms with Gasteiger partial charge < -0.3 is 14.6 Å². The van der Waals surface area contributed by atoms with Crippen LogP contribution in [0.5, 0.6) is 5.75 Å². The summed E-state index contributed by atoms with van der Waals surface area (Å²) in [5, 5.41) is 19.4. The first-order chi connectivity index (χ1) is 11.6. The van der Waals surface area contributed by atoms with Crippen LogP contribution in [0.15, 0.2) is 42.2 Å². The van der Waals surface area contributed by atoms with Crippen LogP contribution < -0.4 is 5.48 Å². The largest absolute Gasteiger partial charge is 0.513 e. The molecular formula is C16H19N2O6+. The van der Waals surface area contributed by atoms with Gasteiger partial charge in [-0.15, -0.1) is 0 Å². The van der Waals surface area contributed by atoms with Crippen molar-refractivity contribution in [3.63, 3.8) is 0 Å². The number of nitrogens with zero attached hydrogens (tertiary/aromatic N) is 1. The number of hydrogen-bond donors (Lipinski definition) is 3. The van der Waals surface area contributed by atoms with Gasteiger partial charge in [0.05, 0.1) is 13.0 Å². The van der Waals surface area contributed by atoms with Gasteiger partial charge >= 0.3 is 11.8 Å². The lowest BCUT2D eigenvalue weighted by Crippen LogP contribution is -2.19. The topological polar surface area (TPSA) is 100 Å². The van der Waals surface area contributed by atoms with Gasteiger partial charge in [-0.3, -0.25) is 15.5 Å². The fraction of sp³-hybridized carbons (Fsp3) is 0.250. The zero-order valence-corrected chi connectivity index (χ0v) is 13.4. The number of phenolic OH excluding ortho intramolecular Hbond substituents is 1. The van der Waals surface area contributed by atoms with Crippen molar-refractivity contribution in [1.82, 2.24) is 0 Å². The summed E-state index contributed by atoms with van der Waals surface area (Å²) in [5.41, 5.74) is 3.06. The second-order valence-corrected chi connectivity index (χ2v) is 4.71. The van der Waals surface area contributed by atoms with E-state index in [-0.39, 0.29) is 30.2 Å². The molecule has 0 radical (unpaired) electrons. The minimum atomic E-state index is -0.789. The molecule has 128 valence electrons. The van der Waals surface area contributed by atoms with E-state index >= 15 is 0 Å². The minimum absolute atomic E-state index is 0.0979. The molecule has 2 rings (SSSR count). The molecule has 0 heterocycles. The monoisotopic (exact) mass is 335 g/mol. The molecule has 0 amide bonds. The van der Waals surface area contributed by atoms with Gasteiger partial charge in [0.25, 0.3) is 0 Å². The van der Waals surface area contributed by atoms with Crippen LogP contribution in [0.4, 0.5) is 16.2 Å². The average Bonchev–Trinajstić information content (AvgIpc) is 2.57. The van der Waals surface area contributed by atoms with Crippen LogP contribution in [0.25, 0.3) is 0 Å². The third-order valence-electron chi connectivity index (χ3n) is 3.18. The SMILES string of the molecule is CCOC(=O)OC1=CC=C/C(=[N+](\OC)c2c(O)cccc2NO)C1. The lowest BCUT2D eigenvalue weighted by Gasteiger charge is -2.12. The number of hydrogen-bond acceptors (Lipinski definition) is 7. The van der Waals surface area contributed by atoms with Crippen molar-refractivity contribution in [1.29, 1.82) is 0 Å². The summed E-state index contributed by atoms with van der Waals surface area (Å²) in [6, 6.07) is 4.60. The number of nitrogens with one attached hydrogen (secondary N) is 1. The summed E-state index contributed by atoms with van der Waals surface area (Å²) in [4.78, 5) is 16.8. The molecule has 0 saturated heterocycles. The van der Waals surface area contributed by atoms with Crippen LogP contribution in [0.2, 0.25) is 0 Å². The Morgan fingerprint density at radius 3 is 2.88 bits per heavy atom. The summed E-state index contributed by atoms with van der Waals surface area (Å²) in [6.07, 6.45) is 4.47. The molecule has 8 nitrogen and oxygen atoms in total. The molecule has 0 bridgehead atoms. The Bertz CT molecular complexity index is 709. The Balaban J connectivity index is 2.35. The van der Waals surface area contributed by atoms with Gasteiger partial charge in [0.2, 0.25) is 5.71 Å². The lowest BCUT2D eigenvalue weighted by molar-refractivity contribution is -0.720. The van der Waals surface area contributed by atoms with Gasteiger partial charge in [0.15, 0.2) is 5.75 Å². The summed E-state index contributed by atoms with van der Waals surface area (Å²) >= 11 is 0. The Labute approximate surface area is 138 Å². The Morgan fingerprint density at radius 1 is 1.42 bits per heavy atom. The van der Waals surface area contributed by atoms with E-state index in [0.29, 0.717) is 11.5 Å². The highest BCUT2D eigenvalue weighted by molar-refractivity contribution is 5.95. The molecule has 24 heavy (non-hydrogen) atoms. The smallest absolute Gasteiger partial charge is 0.502 e. The molecule has 0 spiro atoms. The van der Waals surface area contributed by atoms with E-state index in [9.17, 15) is 15.1 Å². The van der Waals surface area contributed by atoms with E-state index in [1.165, 1.54) is 17.9 Å². The van der Waals surface area contributed by atoms with E-state index in [1.54, 1.807) is 37.3 Å². The van der Waals surface area contributed by atoms with Crippen molar-refractivity contribution in [3.8, 4) is 5.75 Å². The van der Waals surface area contributed by atoms with Crippen LogP contribution in [-0.2, 0) is 14.3 Å². The number of rotatable bonds is 5. The van der Waals surface area contributed by atoms with Gasteiger partial charge in [-0.1, -0.05) is 12.1 Å². The van der Waals surface area contributed by atoms with E-state index in [4.69, 9.17) is 14.3 Å². The third-order valence-corrected chi connectivity index (χ3v) is 3.18.